The summed E-state index contributed by atoms with van der Waals surface area (Å²) in [5, 5.41) is 12.5. The summed E-state index contributed by atoms with van der Waals surface area (Å²) in [7, 11) is 0. The van der Waals surface area contributed by atoms with E-state index in [1.54, 1.807) is 48.5 Å². The molecule has 0 saturated heterocycles. The Labute approximate surface area is 172 Å². The quantitative estimate of drug-likeness (QED) is 0.283. The Hall–Kier alpha value is -3.42. The molecular weight excluding hydrogens is 392 g/mol. The maximum Gasteiger partial charge on any atom is 0.333 e. The zero-order chi connectivity index (χ0) is 21.2. The number of para-hydroxylation sites is 1. The Bertz CT molecular complexity index is 957. The van der Waals surface area contributed by atoms with Gasteiger partial charge in [-0.2, -0.15) is 16.6 Å². The Kier molecular flexibility index (Phi) is 8.14. The number of phenols is 1. The molecule has 8 nitrogen and oxygen atoms in total. The third-order valence-electron chi connectivity index (χ3n) is 3.87. The van der Waals surface area contributed by atoms with E-state index in [4.69, 9.17) is 5.53 Å². The molecule has 0 unspecified atom stereocenters. The standard InChI is InChI=1S/C20H20N4O4S/c1-2-29-13-19(27)24(12-14-6-3-4-9-17(14)25)16-8-5-7-15(10-16)23-20(28)18(26)11-22-21/h3-11,25H,2,12-13H2,1H3,(H,23,28). The number of carbonyl (C=O) groups excluding carboxylic acids is 3. The number of rotatable bonds is 9. The minimum Gasteiger partial charge on any atom is -0.508 e. The molecule has 0 bridgehead atoms. The van der Waals surface area contributed by atoms with Crippen molar-refractivity contribution in [2.45, 2.75) is 13.5 Å². The summed E-state index contributed by atoms with van der Waals surface area (Å²) in [5.74, 6) is -1.04. The number of aromatic hydroxyl groups is 1. The summed E-state index contributed by atoms with van der Waals surface area (Å²) in [6, 6.07) is 13.2. The van der Waals surface area contributed by atoms with Gasteiger partial charge in [-0.05, 0) is 30.0 Å². The number of phenolic OH excluding ortho intramolecular Hbond substituents is 1. The van der Waals surface area contributed by atoms with Crippen molar-refractivity contribution in [2.24, 2.45) is 0 Å². The van der Waals surface area contributed by atoms with Gasteiger partial charge in [-0.25, -0.2) is 0 Å². The number of anilines is 2. The van der Waals surface area contributed by atoms with Gasteiger partial charge >= 0.3 is 17.9 Å². The fourth-order valence-electron chi connectivity index (χ4n) is 2.46. The van der Waals surface area contributed by atoms with E-state index < -0.39 is 11.7 Å². The molecule has 0 atom stereocenters. The van der Waals surface area contributed by atoms with E-state index in [9.17, 15) is 19.5 Å². The second-order valence-corrected chi connectivity index (χ2v) is 7.13. The number of amides is 2. The summed E-state index contributed by atoms with van der Waals surface area (Å²) < 4.78 is 0. The predicted molar refractivity (Wildman–Crippen MR) is 112 cm³/mol. The smallest absolute Gasteiger partial charge is 0.333 e. The van der Waals surface area contributed by atoms with Crippen LogP contribution in [-0.2, 0) is 20.9 Å². The van der Waals surface area contributed by atoms with Crippen LogP contribution in [0.1, 0.15) is 12.5 Å². The van der Waals surface area contributed by atoms with Crippen LogP contribution in [0.15, 0.2) is 48.5 Å². The molecule has 2 aromatic rings. The maximum absolute atomic E-state index is 12.8. The maximum atomic E-state index is 12.8. The van der Waals surface area contributed by atoms with Gasteiger partial charge < -0.3 is 20.9 Å². The Morgan fingerprint density at radius 1 is 1.21 bits per heavy atom. The number of ketones is 1. The molecule has 2 aromatic carbocycles. The molecule has 2 rings (SSSR count). The van der Waals surface area contributed by atoms with Crippen LogP contribution < -0.4 is 10.2 Å². The van der Waals surface area contributed by atoms with Crippen LogP contribution in [0, 0.1) is 0 Å². The molecule has 0 aromatic heterocycles. The van der Waals surface area contributed by atoms with Crippen LogP contribution in [0.2, 0.25) is 0 Å². The molecule has 9 heteroatoms. The number of nitrogens with one attached hydrogen (secondary N) is 1. The lowest BCUT2D eigenvalue weighted by Gasteiger charge is -2.24. The van der Waals surface area contributed by atoms with Crippen molar-refractivity contribution < 1.29 is 24.3 Å². The van der Waals surface area contributed by atoms with Gasteiger partial charge in [0.25, 0.3) is 0 Å². The molecule has 0 saturated carbocycles. The molecule has 29 heavy (non-hydrogen) atoms. The number of carbonyl (C=O) groups is 3. The number of thioether (sulfide) groups is 1. The highest BCUT2D eigenvalue weighted by Gasteiger charge is 2.19. The molecule has 150 valence electrons. The monoisotopic (exact) mass is 412 g/mol. The second-order valence-electron chi connectivity index (χ2n) is 5.86. The van der Waals surface area contributed by atoms with E-state index in [1.807, 2.05) is 6.92 Å². The molecule has 0 radical (unpaired) electrons. The van der Waals surface area contributed by atoms with E-state index in [1.165, 1.54) is 16.7 Å². The average molecular weight is 412 g/mol. The van der Waals surface area contributed by atoms with E-state index in [0.29, 0.717) is 23.2 Å². The third kappa shape index (κ3) is 6.31. The second kappa shape index (κ2) is 10.8. The number of Topliss-reactive ketones (excluding diaryl/α,β-unsaturated/α-hetero) is 1. The predicted octanol–water partition coefficient (Wildman–Crippen LogP) is 2.49. The first-order valence-electron chi connectivity index (χ1n) is 8.74. The fraction of sp³-hybridized carbons (Fsp3) is 0.200. The molecule has 0 aliphatic heterocycles. The zero-order valence-corrected chi connectivity index (χ0v) is 16.6. The van der Waals surface area contributed by atoms with E-state index in [2.05, 4.69) is 10.1 Å². The van der Waals surface area contributed by atoms with Crippen LogP contribution in [0.4, 0.5) is 11.4 Å². The van der Waals surface area contributed by atoms with Crippen molar-refractivity contribution >= 4 is 46.9 Å². The molecule has 0 spiro atoms. The minimum absolute atomic E-state index is 0.0757. The van der Waals surface area contributed by atoms with Gasteiger partial charge in [-0.15, -0.1) is 0 Å². The zero-order valence-electron chi connectivity index (χ0n) is 15.7. The van der Waals surface area contributed by atoms with Crippen molar-refractivity contribution in [1.29, 1.82) is 0 Å². The largest absolute Gasteiger partial charge is 0.508 e. The van der Waals surface area contributed by atoms with E-state index in [0.717, 1.165) is 5.75 Å². The first kappa shape index (κ1) is 21.9. The van der Waals surface area contributed by atoms with Crippen molar-refractivity contribution in [3.63, 3.8) is 0 Å². The third-order valence-corrected chi connectivity index (χ3v) is 4.72. The lowest BCUT2D eigenvalue weighted by Crippen LogP contribution is -2.32. The highest BCUT2D eigenvalue weighted by Crippen LogP contribution is 2.25. The first-order valence-corrected chi connectivity index (χ1v) is 9.89. The molecule has 0 heterocycles. The van der Waals surface area contributed by atoms with E-state index >= 15 is 0 Å². The fourth-order valence-corrected chi connectivity index (χ4v) is 3.00. The van der Waals surface area contributed by atoms with Gasteiger partial charge in [0.2, 0.25) is 5.91 Å². The van der Waals surface area contributed by atoms with Crippen LogP contribution in [0.3, 0.4) is 0 Å². The molecular formula is C20H20N4O4S. The molecule has 2 N–H and O–H groups in total. The lowest BCUT2D eigenvalue weighted by atomic mass is 10.1. The van der Waals surface area contributed by atoms with Gasteiger partial charge in [-0.1, -0.05) is 31.2 Å². The highest BCUT2D eigenvalue weighted by atomic mass is 32.2. The van der Waals surface area contributed by atoms with Crippen molar-refractivity contribution in [2.75, 3.05) is 21.7 Å². The van der Waals surface area contributed by atoms with Crippen LogP contribution >= 0.6 is 11.8 Å². The summed E-state index contributed by atoms with van der Waals surface area (Å²) in [4.78, 5) is 40.1. The lowest BCUT2D eigenvalue weighted by molar-refractivity contribution is -0.132. The first-order chi connectivity index (χ1) is 14.0. The highest BCUT2D eigenvalue weighted by molar-refractivity contribution is 7.99. The van der Waals surface area contributed by atoms with Gasteiger partial charge in [0.15, 0.2) is 0 Å². The summed E-state index contributed by atoms with van der Waals surface area (Å²) in [6.45, 7) is 2.09. The summed E-state index contributed by atoms with van der Waals surface area (Å²) >= 11 is 1.47. The van der Waals surface area contributed by atoms with Crippen LogP contribution in [-0.4, -0.2) is 45.2 Å². The van der Waals surface area contributed by atoms with Gasteiger partial charge in [-0.3, -0.25) is 14.4 Å². The Morgan fingerprint density at radius 3 is 2.66 bits per heavy atom. The number of hydrogen-bond donors (Lipinski definition) is 2. The number of benzene rings is 2. The minimum atomic E-state index is -1.01. The number of hydrogen-bond acceptors (Lipinski definition) is 5. The normalized spacial score (nSPS) is 9.97. The molecule has 0 fully saturated rings. The van der Waals surface area contributed by atoms with Crippen molar-refractivity contribution in [1.82, 2.24) is 0 Å². The Morgan fingerprint density at radius 2 is 1.97 bits per heavy atom. The van der Waals surface area contributed by atoms with Gasteiger partial charge in [0.05, 0.1) is 12.3 Å². The number of nitrogens with zero attached hydrogens (tertiary/aromatic N) is 3. The van der Waals surface area contributed by atoms with E-state index in [-0.39, 0.29) is 24.0 Å². The summed E-state index contributed by atoms with van der Waals surface area (Å²) in [6.07, 6.45) is 0.495. The van der Waals surface area contributed by atoms with Crippen LogP contribution in [0.5, 0.6) is 5.75 Å². The SMILES string of the molecule is CCSCC(=O)N(Cc1ccccc1O)c1cccc(NC(=O)C(=O)C=[N+]=[N-])c1. The van der Waals surface area contributed by atoms with Gasteiger partial charge in [0, 0.05) is 16.9 Å². The molecule has 2 amide bonds. The van der Waals surface area contributed by atoms with Crippen molar-refractivity contribution in [3.8, 4) is 5.75 Å². The molecule has 0 aliphatic carbocycles. The molecule has 0 aliphatic rings. The van der Waals surface area contributed by atoms with Crippen molar-refractivity contribution in [3.05, 3.63) is 59.6 Å². The van der Waals surface area contributed by atoms with Gasteiger partial charge in [0.1, 0.15) is 5.75 Å². The average Bonchev–Trinajstić information content (AvgIpc) is 2.71. The summed E-state index contributed by atoms with van der Waals surface area (Å²) in [5.41, 5.74) is 9.73. The topological polar surface area (TPSA) is 123 Å². The van der Waals surface area contributed by atoms with Crippen LogP contribution in [0.25, 0.3) is 5.53 Å². The Balaban J connectivity index is 2.31.